The van der Waals surface area contributed by atoms with Crippen LogP contribution in [0.15, 0.2) is 0 Å². The van der Waals surface area contributed by atoms with Crippen molar-refractivity contribution in [2.45, 2.75) is 58.3 Å². The smallest absolute Gasteiger partial charge is 0.306 e. The molecule has 0 rings (SSSR count). The number of carbonyl (C=O) groups is 1. The Morgan fingerprint density at radius 2 is 1.86 bits per heavy atom. The molecule has 0 fully saturated rings. The van der Waals surface area contributed by atoms with Crippen LogP contribution in [0.2, 0.25) is 0 Å². The van der Waals surface area contributed by atoms with Crippen LogP contribution in [-0.4, -0.2) is 34.5 Å². The molecule has 0 amide bonds. The second kappa shape index (κ2) is 6.79. The molecule has 0 saturated heterocycles. The molecule has 0 aromatic rings. The first-order valence-electron chi connectivity index (χ1n) is 5.03. The third kappa shape index (κ3) is 5.94. The van der Waals surface area contributed by atoms with Gasteiger partial charge >= 0.3 is 5.97 Å². The molecule has 0 radical (unpaired) electrons. The fraction of sp³-hybridized carbons (Fsp3) is 0.900. The van der Waals surface area contributed by atoms with Crippen molar-refractivity contribution in [1.82, 2.24) is 0 Å². The zero-order valence-electron chi connectivity index (χ0n) is 9.06. The number of hydrogen-bond acceptors (Lipinski definition) is 4. The van der Waals surface area contributed by atoms with E-state index in [1.807, 2.05) is 0 Å². The number of aliphatic hydroxyl groups is 2. The summed E-state index contributed by atoms with van der Waals surface area (Å²) in [5.74, 6) is -0.331. The van der Waals surface area contributed by atoms with Crippen LogP contribution in [0.4, 0.5) is 0 Å². The predicted octanol–water partition coefficient (Wildman–Crippen LogP) is 0.850. The Morgan fingerprint density at radius 1 is 1.29 bits per heavy atom. The van der Waals surface area contributed by atoms with E-state index < -0.39 is 12.2 Å². The van der Waals surface area contributed by atoms with E-state index >= 15 is 0 Å². The largest absolute Gasteiger partial charge is 0.463 e. The molecular weight excluding hydrogens is 184 g/mol. The van der Waals surface area contributed by atoms with Gasteiger partial charge in [0.1, 0.15) is 0 Å². The van der Waals surface area contributed by atoms with Crippen LogP contribution in [0.3, 0.4) is 0 Å². The summed E-state index contributed by atoms with van der Waals surface area (Å²) in [7, 11) is 0. The second-order valence-corrected chi connectivity index (χ2v) is 3.62. The van der Waals surface area contributed by atoms with Crippen molar-refractivity contribution in [1.29, 1.82) is 0 Å². The maximum absolute atomic E-state index is 11.1. The summed E-state index contributed by atoms with van der Waals surface area (Å²) in [4.78, 5) is 11.1. The maximum Gasteiger partial charge on any atom is 0.306 e. The maximum atomic E-state index is 11.1. The van der Waals surface area contributed by atoms with E-state index in [-0.39, 0.29) is 24.9 Å². The summed E-state index contributed by atoms with van der Waals surface area (Å²) in [5, 5.41) is 18.6. The third-order valence-corrected chi connectivity index (χ3v) is 1.87. The zero-order chi connectivity index (χ0) is 11.1. The van der Waals surface area contributed by atoms with Crippen LogP contribution in [-0.2, 0) is 9.53 Å². The Labute approximate surface area is 84.9 Å². The summed E-state index contributed by atoms with van der Waals surface area (Å²) >= 11 is 0. The molecule has 0 aliphatic heterocycles. The molecule has 84 valence electrons. The van der Waals surface area contributed by atoms with Gasteiger partial charge in [-0.1, -0.05) is 6.92 Å². The minimum absolute atomic E-state index is 0.129. The fourth-order valence-corrected chi connectivity index (χ4v) is 1.05. The number of carbonyl (C=O) groups excluding carboxylic acids is 1. The van der Waals surface area contributed by atoms with Gasteiger partial charge in [0.25, 0.3) is 0 Å². The Bertz CT molecular complexity index is 168. The minimum Gasteiger partial charge on any atom is -0.463 e. The Kier molecular flexibility index (Phi) is 6.49. The van der Waals surface area contributed by atoms with Crippen LogP contribution in [0.5, 0.6) is 0 Å². The first kappa shape index (κ1) is 13.4. The highest BCUT2D eigenvalue weighted by atomic mass is 16.5. The Morgan fingerprint density at radius 3 is 2.29 bits per heavy atom. The van der Waals surface area contributed by atoms with Crippen molar-refractivity contribution in [3.8, 4) is 0 Å². The Balaban J connectivity index is 3.66. The van der Waals surface area contributed by atoms with Gasteiger partial charge in [-0.15, -0.1) is 0 Å². The average Bonchev–Trinajstić information content (AvgIpc) is 2.11. The summed E-state index contributed by atoms with van der Waals surface area (Å²) in [6.45, 7) is 5.32. The lowest BCUT2D eigenvalue weighted by Gasteiger charge is -2.15. The van der Waals surface area contributed by atoms with Gasteiger partial charge in [-0.05, 0) is 26.7 Å². The van der Waals surface area contributed by atoms with Crippen LogP contribution in [0.1, 0.15) is 40.0 Å². The molecule has 0 bridgehead atoms. The van der Waals surface area contributed by atoms with Crippen molar-refractivity contribution >= 4 is 5.97 Å². The van der Waals surface area contributed by atoms with E-state index in [2.05, 4.69) is 0 Å². The molecule has 0 aromatic carbocycles. The van der Waals surface area contributed by atoms with Crippen LogP contribution in [0.25, 0.3) is 0 Å². The quantitative estimate of drug-likeness (QED) is 0.629. The molecule has 0 aliphatic carbocycles. The molecule has 14 heavy (non-hydrogen) atoms. The topological polar surface area (TPSA) is 66.8 Å². The van der Waals surface area contributed by atoms with Crippen molar-refractivity contribution < 1.29 is 19.7 Å². The second-order valence-electron chi connectivity index (χ2n) is 3.62. The van der Waals surface area contributed by atoms with E-state index in [0.717, 1.165) is 0 Å². The van der Waals surface area contributed by atoms with Gasteiger partial charge in [-0.25, -0.2) is 0 Å². The van der Waals surface area contributed by atoms with Crippen molar-refractivity contribution in [2.24, 2.45) is 0 Å². The van der Waals surface area contributed by atoms with Gasteiger partial charge in [-0.3, -0.25) is 4.79 Å². The highest BCUT2D eigenvalue weighted by Crippen LogP contribution is 2.07. The highest BCUT2D eigenvalue weighted by molar-refractivity contribution is 5.69. The van der Waals surface area contributed by atoms with E-state index in [0.29, 0.717) is 6.42 Å². The van der Waals surface area contributed by atoms with Gasteiger partial charge in [0.05, 0.1) is 18.3 Å². The molecule has 0 saturated carbocycles. The normalized spacial score (nSPS) is 15.3. The van der Waals surface area contributed by atoms with Gasteiger partial charge in [0.2, 0.25) is 0 Å². The van der Waals surface area contributed by atoms with E-state index in [9.17, 15) is 15.0 Å². The van der Waals surface area contributed by atoms with Crippen molar-refractivity contribution in [3.63, 3.8) is 0 Å². The molecule has 4 heteroatoms. The summed E-state index contributed by atoms with van der Waals surface area (Å²) in [5.41, 5.74) is 0. The number of esters is 1. The van der Waals surface area contributed by atoms with Crippen LogP contribution < -0.4 is 0 Å². The lowest BCUT2D eigenvalue weighted by molar-refractivity contribution is -0.148. The minimum atomic E-state index is -0.834. The molecular formula is C10H20O4. The lowest BCUT2D eigenvalue weighted by Crippen LogP contribution is -2.26. The van der Waals surface area contributed by atoms with Gasteiger partial charge < -0.3 is 14.9 Å². The SMILES string of the molecule is CC[C@@H](O)[C@@H](O)CCC(=O)OC(C)C. The summed E-state index contributed by atoms with van der Waals surface area (Å²) in [6.07, 6.45) is -0.825. The molecule has 4 nitrogen and oxygen atoms in total. The predicted molar refractivity (Wildman–Crippen MR) is 52.8 cm³/mol. The van der Waals surface area contributed by atoms with E-state index in [4.69, 9.17) is 4.74 Å². The number of hydrogen-bond donors (Lipinski definition) is 2. The van der Waals surface area contributed by atoms with Crippen LogP contribution >= 0.6 is 0 Å². The fourth-order valence-electron chi connectivity index (χ4n) is 1.05. The van der Waals surface area contributed by atoms with Crippen molar-refractivity contribution in [2.75, 3.05) is 0 Å². The standard InChI is InChI=1S/C10H20O4/c1-4-8(11)9(12)5-6-10(13)14-7(2)3/h7-9,11-12H,4-6H2,1-3H3/t8-,9+/m1/s1. The Hall–Kier alpha value is -0.610. The van der Waals surface area contributed by atoms with E-state index in [1.54, 1.807) is 20.8 Å². The molecule has 0 spiro atoms. The summed E-state index contributed by atoms with van der Waals surface area (Å²) < 4.78 is 4.88. The molecule has 2 atom stereocenters. The molecule has 2 N–H and O–H groups in total. The average molecular weight is 204 g/mol. The van der Waals surface area contributed by atoms with Gasteiger partial charge in [0.15, 0.2) is 0 Å². The molecule has 0 heterocycles. The lowest BCUT2D eigenvalue weighted by atomic mass is 10.1. The zero-order valence-corrected chi connectivity index (χ0v) is 9.06. The monoisotopic (exact) mass is 204 g/mol. The van der Waals surface area contributed by atoms with Crippen LogP contribution in [0, 0.1) is 0 Å². The highest BCUT2D eigenvalue weighted by Gasteiger charge is 2.16. The van der Waals surface area contributed by atoms with Crippen molar-refractivity contribution in [3.05, 3.63) is 0 Å². The van der Waals surface area contributed by atoms with E-state index in [1.165, 1.54) is 0 Å². The van der Waals surface area contributed by atoms with Gasteiger partial charge in [0, 0.05) is 6.42 Å². The first-order chi connectivity index (χ1) is 6.47. The number of aliphatic hydroxyl groups excluding tert-OH is 2. The molecule has 0 aromatic heterocycles. The van der Waals surface area contributed by atoms with Gasteiger partial charge in [-0.2, -0.15) is 0 Å². The third-order valence-electron chi connectivity index (χ3n) is 1.87. The summed E-state index contributed by atoms with van der Waals surface area (Å²) in [6, 6.07) is 0. The number of rotatable bonds is 6. The molecule has 0 unspecified atom stereocenters. The molecule has 0 aliphatic rings. The number of ether oxygens (including phenoxy) is 1. The first-order valence-corrected chi connectivity index (χ1v) is 5.03.